The van der Waals surface area contributed by atoms with Gasteiger partial charge >= 0.3 is 12.1 Å². The van der Waals surface area contributed by atoms with Crippen LogP contribution in [0.4, 0.5) is 4.79 Å². The Balaban J connectivity index is 5.00. The number of methoxy groups -OCH3 is 1. The van der Waals surface area contributed by atoms with E-state index < -0.39 is 35.7 Å². The van der Waals surface area contributed by atoms with Crippen LogP contribution in [0.5, 0.6) is 0 Å². The molecule has 8 heteroatoms. The van der Waals surface area contributed by atoms with Gasteiger partial charge in [-0.25, -0.2) is 9.59 Å². The average Bonchev–Trinajstić information content (AvgIpc) is 2.47. The predicted octanol–water partition coefficient (Wildman–Crippen LogP) is 2.34. The molecule has 0 bridgehead atoms. The van der Waals surface area contributed by atoms with E-state index in [0.29, 0.717) is 18.6 Å². The minimum absolute atomic E-state index is 0.202. The molecular formula is C17H32N2O5S. The molecule has 2 N–H and O–H groups in total. The molecule has 0 aliphatic rings. The van der Waals surface area contributed by atoms with E-state index in [9.17, 15) is 14.4 Å². The lowest BCUT2D eigenvalue weighted by Crippen LogP contribution is -2.53. The van der Waals surface area contributed by atoms with Gasteiger partial charge in [-0.05, 0) is 51.5 Å². The summed E-state index contributed by atoms with van der Waals surface area (Å²) in [5.74, 6) is -0.0345. The van der Waals surface area contributed by atoms with Gasteiger partial charge < -0.3 is 20.1 Å². The van der Waals surface area contributed by atoms with Crippen molar-refractivity contribution in [2.24, 2.45) is 5.92 Å². The number of rotatable bonds is 9. The van der Waals surface area contributed by atoms with Crippen molar-refractivity contribution in [3.05, 3.63) is 0 Å². The van der Waals surface area contributed by atoms with Gasteiger partial charge in [-0.1, -0.05) is 13.8 Å². The quantitative estimate of drug-likeness (QED) is 0.600. The third-order valence-electron chi connectivity index (χ3n) is 3.13. The summed E-state index contributed by atoms with van der Waals surface area (Å²) in [5.41, 5.74) is -0.656. The SMILES string of the molecule is COC(=O)[C@H](CC(C)C)NC(=O)[C@H](CCSC)NC(=O)OC(C)(C)C. The van der Waals surface area contributed by atoms with E-state index in [0.717, 1.165) is 0 Å². The Morgan fingerprint density at radius 1 is 1.08 bits per heavy atom. The summed E-state index contributed by atoms with van der Waals surface area (Å²) in [6, 6.07) is -1.52. The zero-order chi connectivity index (χ0) is 19.6. The second kappa shape index (κ2) is 11.2. The highest BCUT2D eigenvalue weighted by Gasteiger charge is 2.28. The molecule has 0 aromatic rings. The molecule has 146 valence electrons. The fraction of sp³-hybridized carbons (Fsp3) is 0.824. The van der Waals surface area contributed by atoms with Gasteiger partial charge in [-0.15, -0.1) is 0 Å². The van der Waals surface area contributed by atoms with Crippen LogP contribution in [0.1, 0.15) is 47.5 Å². The molecule has 2 amide bonds. The van der Waals surface area contributed by atoms with Crippen molar-refractivity contribution >= 4 is 29.7 Å². The highest BCUT2D eigenvalue weighted by Crippen LogP contribution is 2.10. The van der Waals surface area contributed by atoms with Crippen LogP contribution >= 0.6 is 11.8 Å². The molecule has 0 radical (unpaired) electrons. The first-order valence-corrected chi connectivity index (χ1v) is 9.76. The fourth-order valence-corrected chi connectivity index (χ4v) is 2.53. The highest BCUT2D eigenvalue weighted by molar-refractivity contribution is 7.98. The lowest BCUT2D eigenvalue weighted by Gasteiger charge is -2.25. The minimum Gasteiger partial charge on any atom is -0.467 e. The Hall–Kier alpha value is -1.44. The van der Waals surface area contributed by atoms with Crippen LogP contribution in [-0.2, 0) is 19.1 Å². The van der Waals surface area contributed by atoms with Crippen molar-refractivity contribution in [1.82, 2.24) is 10.6 Å². The molecule has 0 rings (SSSR count). The van der Waals surface area contributed by atoms with Crippen LogP contribution in [0.3, 0.4) is 0 Å². The molecular weight excluding hydrogens is 344 g/mol. The topological polar surface area (TPSA) is 93.7 Å². The number of hydrogen-bond donors (Lipinski definition) is 2. The minimum atomic E-state index is -0.776. The van der Waals surface area contributed by atoms with E-state index in [1.54, 1.807) is 32.5 Å². The smallest absolute Gasteiger partial charge is 0.408 e. The molecule has 0 aromatic heterocycles. The lowest BCUT2D eigenvalue weighted by atomic mass is 10.0. The molecule has 0 aliphatic heterocycles. The largest absolute Gasteiger partial charge is 0.467 e. The maximum atomic E-state index is 12.6. The molecule has 7 nitrogen and oxygen atoms in total. The van der Waals surface area contributed by atoms with Crippen LogP contribution in [-0.4, -0.2) is 54.8 Å². The summed E-state index contributed by atoms with van der Waals surface area (Å²) in [7, 11) is 1.28. The van der Waals surface area contributed by atoms with Crippen molar-refractivity contribution in [3.63, 3.8) is 0 Å². The fourth-order valence-electron chi connectivity index (χ4n) is 2.05. The Morgan fingerprint density at radius 2 is 1.68 bits per heavy atom. The standard InChI is InChI=1S/C17H32N2O5S/c1-11(2)10-13(15(21)23-6)18-14(20)12(8-9-25-7)19-16(22)24-17(3,4)5/h11-13H,8-10H2,1-7H3,(H,18,20)(H,19,22)/t12-,13-/m0/s1. The summed E-state index contributed by atoms with van der Waals surface area (Å²) < 4.78 is 9.96. The van der Waals surface area contributed by atoms with E-state index in [2.05, 4.69) is 10.6 Å². The van der Waals surface area contributed by atoms with Gasteiger partial charge in [0.05, 0.1) is 7.11 Å². The molecule has 0 saturated carbocycles. The number of esters is 1. The van der Waals surface area contributed by atoms with Gasteiger partial charge in [-0.3, -0.25) is 4.79 Å². The van der Waals surface area contributed by atoms with Crippen molar-refractivity contribution in [2.45, 2.75) is 65.1 Å². The van der Waals surface area contributed by atoms with Gasteiger partial charge in [-0.2, -0.15) is 11.8 Å². The molecule has 0 saturated heterocycles. The highest BCUT2D eigenvalue weighted by atomic mass is 32.2. The Kier molecular flexibility index (Phi) is 10.6. The summed E-state index contributed by atoms with van der Waals surface area (Å²) >= 11 is 1.56. The van der Waals surface area contributed by atoms with E-state index in [1.165, 1.54) is 7.11 Å². The lowest BCUT2D eigenvalue weighted by molar-refractivity contribution is -0.145. The van der Waals surface area contributed by atoms with Crippen LogP contribution < -0.4 is 10.6 Å². The number of ether oxygens (including phenoxy) is 2. The van der Waals surface area contributed by atoms with E-state index in [1.807, 2.05) is 20.1 Å². The zero-order valence-corrected chi connectivity index (χ0v) is 17.1. The number of hydrogen-bond acceptors (Lipinski definition) is 6. The van der Waals surface area contributed by atoms with Gasteiger partial charge in [0.25, 0.3) is 0 Å². The number of thioether (sulfide) groups is 1. The monoisotopic (exact) mass is 376 g/mol. The van der Waals surface area contributed by atoms with Crippen molar-refractivity contribution in [3.8, 4) is 0 Å². The molecule has 0 spiro atoms. The second-order valence-corrected chi connectivity index (χ2v) is 8.18. The third-order valence-corrected chi connectivity index (χ3v) is 3.77. The Morgan fingerprint density at radius 3 is 2.12 bits per heavy atom. The molecule has 0 fully saturated rings. The third kappa shape index (κ3) is 10.9. The Bertz CT molecular complexity index is 449. The average molecular weight is 377 g/mol. The molecule has 0 aromatic carbocycles. The first-order valence-electron chi connectivity index (χ1n) is 8.36. The second-order valence-electron chi connectivity index (χ2n) is 7.19. The van der Waals surface area contributed by atoms with Gasteiger partial charge in [0.1, 0.15) is 17.7 Å². The van der Waals surface area contributed by atoms with E-state index in [-0.39, 0.29) is 5.92 Å². The summed E-state index contributed by atoms with van der Waals surface area (Å²) in [6.07, 6.45) is 2.15. The number of amides is 2. The van der Waals surface area contributed by atoms with Gasteiger partial charge in [0, 0.05) is 0 Å². The van der Waals surface area contributed by atoms with Crippen molar-refractivity contribution < 1.29 is 23.9 Å². The van der Waals surface area contributed by atoms with Crippen LogP contribution in [0.2, 0.25) is 0 Å². The number of carbonyl (C=O) groups excluding carboxylic acids is 3. The number of carbonyl (C=O) groups is 3. The summed E-state index contributed by atoms with van der Waals surface area (Å²) in [5, 5.41) is 5.27. The first-order chi connectivity index (χ1) is 11.5. The molecule has 0 heterocycles. The molecule has 0 aliphatic carbocycles. The number of alkyl carbamates (subject to hydrolysis) is 1. The van der Waals surface area contributed by atoms with Crippen LogP contribution in [0.15, 0.2) is 0 Å². The Labute approximate surface area is 155 Å². The van der Waals surface area contributed by atoms with E-state index >= 15 is 0 Å². The molecule has 2 atom stereocenters. The van der Waals surface area contributed by atoms with Crippen molar-refractivity contribution in [2.75, 3.05) is 19.1 Å². The van der Waals surface area contributed by atoms with Crippen molar-refractivity contribution in [1.29, 1.82) is 0 Å². The normalized spacial score (nSPS) is 13.8. The van der Waals surface area contributed by atoms with Gasteiger partial charge in [0.15, 0.2) is 0 Å². The van der Waals surface area contributed by atoms with Gasteiger partial charge in [0.2, 0.25) is 5.91 Å². The first kappa shape index (κ1) is 23.6. The predicted molar refractivity (Wildman–Crippen MR) is 99.6 cm³/mol. The molecule has 0 unspecified atom stereocenters. The number of nitrogens with one attached hydrogen (secondary N) is 2. The van der Waals surface area contributed by atoms with E-state index in [4.69, 9.17) is 9.47 Å². The zero-order valence-electron chi connectivity index (χ0n) is 16.3. The summed E-state index contributed by atoms with van der Waals surface area (Å²) in [4.78, 5) is 36.4. The maximum Gasteiger partial charge on any atom is 0.408 e. The van der Waals surface area contributed by atoms with Crippen LogP contribution in [0, 0.1) is 5.92 Å². The summed E-state index contributed by atoms with van der Waals surface area (Å²) in [6.45, 7) is 9.15. The van der Waals surface area contributed by atoms with Crippen LogP contribution in [0.25, 0.3) is 0 Å². The maximum absolute atomic E-state index is 12.6. The molecule has 25 heavy (non-hydrogen) atoms.